The van der Waals surface area contributed by atoms with E-state index >= 15 is 0 Å². The van der Waals surface area contributed by atoms with Crippen molar-refractivity contribution in [2.45, 2.75) is 71.1 Å². The van der Waals surface area contributed by atoms with Crippen LogP contribution in [0.5, 0.6) is 0 Å². The van der Waals surface area contributed by atoms with Gasteiger partial charge in [-0.1, -0.05) is 63.6 Å². The van der Waals surface area contributed by atoms with E-state index in [4.69, 9.17) is 5.21 Å². The molecule has 0 amide bonds. The van der Waals surface area contributed by atoms with Gasteiger partial charge in [-0.25, -0.2) is 0 Å². The Morgan fingerprint density at radius 3 is 2.65 bits per heavy atom. The first kappa shape index (κ1) is 16.7. The number of nitrogens with zero attached hydrogens (tertiary/aromatic N) is 2. The zero-order valence-electron chi connectivity index (χ0n) is 12.9. The predicted molar refractivity (Wildman–Crippen MR) is 84.6 cm³/mol. The highest BCUT2D eigenvalue weighted by Gasteiger charge is 2.14. The van der Waals surface area contributed by atoms with E-state index < -0.39 is 0 Å². The number of hydrogen-bond acceptors (Lipinski definition) is 3. The van der Waals surface area contributed by atoms with Crippen LogP contribution in [0.3, 0.4) is 0 Å². The van der Waals surface area contributed by atoms with Gasteiger partial charge in [0.05, 0.1) is 11.9 Å². The zero-order valence-corrected chi connectivity index (χ0v) is 12.9. The van der Waals surface area contributed by atoms with Crippen LogP contribution in [0, 0.1) is 0 Å². The first-order valence-electron chi connectivity index (χ1n) is 7.95. The smallest absolute Gasteiger partial charge is 0.0921 e. The second kappa shape index (κ2) is 10.4. The van der Waals surface area contributed by atoms with Gasteiger partial charge in [0.1, 0.15) is 0 Å². The van der Waals surface area contributed by atoms with Crippen LogP contribution in [0.1, 0.15) is 82.4 Å². The van der Waals surface area contributed by atoms with Gasteiger partial charge < -0.3 is 5.21 Å². The highest BCUT2D eigenvalue weighted by molar-refractivity contribution is 5.78. The highest BCUT2D eigenvalue weighted by Crippen LogP contribution is 2.28. The summed E-state index contributed by atoms with van der Waals surface area (Å²) in [5.74, 6) is 0.531. The molecule has 0 fully saturated rings. The number of rotatable bonds is 10. The van der Waals surface area contributed by atoms with E-state index in [9.17, 15) is 0 Å². The largest absolute Gasteiger partial charge is 0.411 e. The molecule has 1 unspecified atom stereocenters. The van der Waals surface area contributed by atoms with Crippen LogP contribution in [0.2, 0.25) is 0 Å². The van der Waals surface area contributed by atoms with Crippen molar-refractivity contribution >= 4 is 6.21 Å². The number of oxime groups is 1. The van der Waals surface area contributed by atoms with Crippen molar-refractivity contribution in [2.24, 2.45) is 5.16 Å². The third-order valence-corrected chi connectivity index (χ3v) is 3.78. The Morgan fingerprint density at radius 1 is 1.15 bits per heavy atom. The summed E-state index contributed by atoms with van der Waals surface area (Å²) in [5, 5.41) is 11.9. The van der Waals surface area contributed by atoms with Gasteiger partial charge >= 0.3 is 0 Å². The van der Waals surface area contributed by atoms with Crippen LogP contribution in [0.4, 0.5) is 0 Å². The molecule has 3 nitrogen and oxygen atoms in total. The van der Waals surface area contributed by atoms with E-state index in [0.717, 1.165) is 5.69 Å². The van der Waals surface area contributed by atoms with Gasteiger partial charge in [0, 0.05) is 6.20 Å². The van der Waals surface area contributed by atoms with Gasteiger partial charge in [0.2, 0.25) is 0 Å². The molecular formula is C17H28N2O. The molecule has 0 spiro atoms. The van der Waals surface area contributed by atoms with Crippen LogP contribution >= 0.6 is 0 Å². The molecule has 3 heteroatoms. The third-order valence-electron chi connectivity index (χ3n) is 3.78. The molecule has 0 saturated carbocycles. The van der Waals surface area contributed by atoms with Crippen molar-refractivity contribution in [3.05, 3.63) is 29.6 Å². The SMILES string of the molecule is CCCCCCCC(CCC)c1cccnc1/C=N/O. The maximum atomic E-state index is 8.76. The van der Waals surface area contributed by atoms with Gasteiger partial charge in [0.25, 0.3) is 0 Å². The zero-order chi connectivity index (χ0) is 14.6. The van der Waals surface area contributed by atoms with E-state index in [2.05, 4.69) is 30.1 Å². The number of pyridine rings is 1. The maximum Gasteiger partial charge on any atom is 0.0921 e. The van der Waals surface area contributed by atoms with Crippen molar-refractivity contribution in [3.8, 4) is 0 Å². The fourth-order valence-corrected chi connectivity index (χ4v) is 2.74. The fourth-order valence-electron chi connectivity index (χ4n) is 2.74. The van der Waals surface area contributed by atoms with Gasteiger partial charge in [-0.2, -0.15) is 0 Å². The van der Waals surface area contributed by atoms with Gasteiger partial charge in [-0.05, 0) is 30.4 Å². The third kappa shape index (κ3) is 5.72. The highest BCUT2D eigenvalue weighted by atomic mass is 16.4. The Hall–Kier alpha value is -1.38. The Kier molecular flexibility index (Phi) is 8.68. The van der Waals surface area contributed by atoms with E-state index in [0.29, 0.717) is 5.92 Å². The number of aromatic nitrogens is 1. The molecule has 0 aliphatic carbocycles. The minimum absolute atomic E-state index is 0.531. The van der Waals surface area contributed by atoms with E-state index in [1.165, 1.54) is 63.1 Å². The minimum Gasteiger partial charge on any atom is -0.411 e. The van der Waals surface area contributed by atoms with Gasteiger partial charge in [0.15, 0.2) is 0 Å². The second-order valence-electron chi connectivity index (χ2n) is 5.41. The van der Waals surface area contributed by atoms with Gasteiger partial charge in [-0.15, -0.1) is 0 Å². The predicted octanol–water partition coefficient (Wildman–Crippen LogP) is 5.13. The average Bonchev–Trinajstić information content (AvgIpc) is 2.47. The molecule has 0 radical (unpaired) electrons. The summed E-state index contributed by atoms with van der Waals surface area (Å²) in [4.78, 5) is 4.32. The molecule has 1 heterocycles. The Balaban J connectivity index is 2.65. The summed E-state index contributed by atoms with van der Waals surface area (Å²) in [7, 11) is 0. The van der Waals surface area contributed by atoms with Crippen LogP contribution in [-0.4, -0.2) is 16.4 Å². The van der Waals surface area contributed by atoms with Crippen molar-refractivity contribution in [2.75, 3.05) is 0 Å². The summed E-state index contributed by atoms with van der Waals surface area (Å²) < 4.78 is 0. The molecule has 0 aromatic carbocycles. The molecule has 1 aromatic rings. The quantitative estimate of drug-likeness (QED) is 0.278. The standard InChI is InChI=1S/C17H28N2O/c1-3-5-6-7-8-11-15(10-4-2)16-12-9-13-18-17(16)14-19-20/h9,12-15,20H,3-8,10-11H2,1-2H3/b19-14+. The molecular weight excluding hydrogens is 248 g/mol. The van der Waals surface area contributed by atoms with Crippen molar-refractivity contribution in [1.29, 1.82) is 0 Å². The number of unbranched alkanes of at least 4 members (excludes halogenated alkanes) is 4. The lowest BCUT2D eigenvalue weighted by Gasteiger charge is -2.18. The summed E-state index contributed by atoms with van der Waals surface area (Å²) >= 11 is 0. The Labute approximate surface area is 123 Å². The molecule has 0 bridgehead atoms. The summed E-state index contributed by atoms with van der Waals surface area (Å²) in [6.45, 7) is 4.47. The van der Waals surface area contributed by atoms with E-state index in [1.54, 1.807) is 6.20 Å². The fraction of sp³-hybridized carbons (Fsp3) is 0.647. The first-order valence-corrected chi connectivity index (χ1v) is 7.95. The topological polar surface area (TPSA) is 45.5 Å². The lowest BCUT2D eigenvalue weighted by molar-refractivity contribution is 0.321. The number of hydrogen-bond donors (Lipinski definition) is 1. The molecule has 1 aromatic heterocycles. The molecule has 0 saturated heterocycles. The molecule has 1 N–H and O–H groups in total. The second-order valence-corrected chi connectivity index (χ2v) is 5.41. The van der Waals surface area contributed by atoms with Crippen molar-refractivity contribution < 1.29 is 5.21 Å². The molecule has 0 aliphatic heterocycles. The Bertz CT molecular complexity index is 390. The van der Waals surface area contributed by atoms with Crippen LogP contribution in [0.25, 0.3) is 0 Å². The minimum atomic E-state index is 0.531. The summed E-state index contributed by atoms with van der Waals surface area (Å²) in [6, 6.07) is 4.10. The molecule has 1 rings (SSSR count). The molecule has 112 valence electrons. The van der Waals surface area contributed by atoms with E-state index in [1.807, 2.05) is 6.07 Å². The van der Waals surface area contributed by atoms with Crippen LogP contribution in [-0.2, 0) is 0 Å². The van der Waals surface area contributed by atoms with Crippen LogP contribution < -0.4 is 0 Å². The van der Waals surface area contributed by atoms with Gasteiger partial charge in [-0.3, -0.25) is 4.98 Å². The Morgan fingerprint density at radius 2 is 1.95 bits per heavy atom. The lowest BCUT2D eigenvalue weighted by atomic mass is 9.88. The lowest BCUT2D eigenvalue weighted by Crippen LogP contribution is -2.05. The normalized spacial score (nSPS) is 12.9. The monoisotopic (exact) mass is 276 g/mol. The molecule has 0 aliphatic rings. The summed E-state index contributed by atoms with van der Waals surface area (Å²) in [5.41, 5.74) is 2.03. The van der Waals surface area contributed by atoms with Crippen molar-refractivity contribution in [1.82, 2.24) is 4.98 Å². The average molecular weight is 276 g/mol. The first-order chi connectivity index (χ1) is 9.83. The van der Waals surface area contributed by atoms with E-state index in [-0.39, 0.29) is 0 Å². The van der Waals surface area contributed by atoms with Crippen LogP contribution in [0.15, 0.2) is 23.5 Å². The molecule has 1 atom stereocenters. The van der Waals surface area contributed by atoms with Crippen molar-refractivity contribution in [3.63, 3.8) is 0 Å². The molecule has 20 heavy (non-hydrogen) atoms. The summed E-state index contributed by atoms with van der Waals surface area (Å²) in [6.07, 6.45) is 13.3. The maximum absolute atomic E-state index is 8.76.